The Balaban J connectivity index is 0.00000480. The van der Waals surface area contributed by atoms with Gasteiger partial charge in [0, 0.05) is 79.5 Å². The molecular formula is C61H45N6Pt-3. The van der Waals surface area contributed by atoms with Crippen LogP contribution in [-0.2, 0) is 40.5 Å². The number of anilines is 4. The summed E-state index contributed by atoms with van der Waals surface area (Å²) in [4.78, 5) is 15.0. The summed E-state index contributed by atoms with van der Waals surface area (Å²) in [7, 11) is 0. The van der Waals surface area contributed by atoms with Gasteiger partial charge in [-0.2, -0.15) is 53.6 Å². The maximum Gasteiger partial charge on any atom is 0.135 e. The quantitative estimate of drug-likeness (QED) is 0.142. The Morgan fingerprint density at radius 2 is 1.24 bits per heavy atom. The van der Waals surface area contributed by atoms with Crippen molar-refractivity contribution in [1.29, 1.82) is 0 Å². The predicted octanol–water partition coefficient (Wildman–Crippen LogP) is 14.8. The largest absolute Gasteiger partial charge is 0.493 e. The first-order valence-electron chi connectivity index (χ1n) is 23.3. The number of aromatic nitrogens is 4. The zero-order chi connectivity index (χ0) is 44.4. The summed E-state index contributed by atoms with van der Waals surface area (Å²) in [6, 6.07) is 72.9. The first-order valence-corrected chi connectivity index (χ1v) is 23.3. The van der Waals surface area contributed by atoms with Crippen LogP contribution < -0.4 is 9.80 Å². The van der Waals surface area contributed by atoms with Crippen LogP contribution in [0.2, 0.25) is 0 Å². The van der Waals surface area contributed by atoms with Gasteiger partial charge in [0.25, 0.3) is 0 Å². The van der Waals surface area contributed by atoms with Crippen molar-refractivity contribution in [3.8, 4) is 39.2 Å². The molecule has 0 amide bonds. The standard InChI is InChI=1S/C61H45N6.Pt/c1-41-33-60(62-39-52(41)46-22-9-4-10-23-46)67-54-28-12-11-25-50(54)51-31-30-43(36-55(51)67)34-42-17-15-24-47(35-42)65-40-66(58-38-56-53(37-57(58)65)63-59-29-13-14-32-64(56)59)61-48(44-18-5-2-6-19-44)26-16-27-49(61)45-20-7-3-8-21-45;/h2-12,15-28,30-31,33,37-40H,13-14,29,32,34H2,1H3;/q-3;. The number of benzene rings is 8. The molecule has 0 saturated carbocycles. The average Bonchev–Trinajstić information content (AvgIpc) is 4.05. The number of aryl methyl sites for hydroxylation is 3. The van der Waals surface area contributed by atoms with E-state index in [1.807, 2.05) is 6.20 Å². The maximum absolute atomic E-state index is 5.24. The maximum atomic E-state index is 5.24. The molecule has 0 unspecified atom stereocenters. The zero-order valence-corrected chi connectivity index (χ0v) is 39.8. The molecule has 0 saturated heterocycles. The van der Waals surface area contributed by atoms with E-state index in [9.17, 15) is 0 Å². The number of fused-ring (bicyclic) bond motifs is 7. The fourth-order valence-electron chi connectivity index (χ4n) is 10.5. The van der Waals surface area contributed by atoms with Crippen molar-refractivity contribution in [2.75, 3.05) is 9.80 Å². The summed E-state index contributed by atoms with van der Waals surface area (Å²) in [5.41, 5.74) is 19.0. The Labute approximate surface area is 411 Å². The zero-order valence-electron chi connectivity index (χ0n) is 37.5. The third-order valence-electron chi connectivity index (χ3n) is 13.7. The van der Waals surface area contributed by atoms with E-state index < -0.39 is 0 Å². The van der Waals surface area contributed by atoms with Crippen LogP contribution in [0.5, 0.6) is 0 Å². The number of nitrogens with zero attached hydrogens (tertiary/aromatic N) is 6. The summed E-state index contributed by atoms with van der Waals surface area (Å²) >= 11 is 0. The van der Waals surface area contributed by atoms with Gasteiger partial charge in [0.2, 0.25) is 0 Å². The smallest absolute Gasteiger partial charge is 0.135 e. The minimum absolute atomic E-state index is 0. The van der Waals surface area contributed by atoms with E-state index in [4.69, 9.17) is 9.97 Å². The Kier molecular flexibility index (Phi) is 10.6. The topological polar surface area (TPSA) is 42.1 Å². The van der Waals surface area contributed by atoms with Crippen molar-refractivity contribution in [2.24, 2.45) is 0 Å². The second kappa shape index (κ2) is 17.3. The first-order chi connectivity index (χ1) is 33.1. The molecule has 332 valence electrons. The second-order valence-electron chi connectivity index (χ2n) is 17.8. The molecule has 7 heteroatoms. The van der Waals surface area contributed by atoms with Crippen LogP contribution in [-0.4, -0.2) is 19.1 Å². The van der Waals surface area contributed by atoms with E-state index in [0.717, 1.165) is 80.2 Å². The number of imidazole rings is 1. The third kappa shape index (κ3) is 7.14. The molecule has 2 aliphatic heterocycles. The van der Waals surface area contributed by atoms with Gasteiger partial charge in [0.1, 0.15) is 11.6 Å². The van der Waals surface area contributed by atoms with Gasteiger partial charge in [-0.05, 0) is 78.1 Å². The van der Waals surface area contributed by atoms with Gasteiger partial charge >= 0.3 is 0 Å². The van der Waals surface area contributed by atoms with Gasteiger partial charge in [0.15, 0.2) is 0 Å². The first kappa shape index (κ1) is 41.9. The predicted molar refractivity (Wildman–Crippen MR) is 274 cm³/mol. The molecule has 0 N–H and O–H groups in total. The Morgan fingerprint density at radius 3 is 1.97 bits per heavy atom. The summed E-state index contributed by atoms with van der Waals surface area (Å²) in [6.07, 6.45) is 6.02. The van der Waals surface area contributed by atoms with Crippen molar-refractivity contribution in [1.82, 2.24) is 19.1 Å². The second-order valence-corrected chi connectivity index (χ2v) is 17.8. The van der Waals surface area contributed by atoms with E-state index in [0.29, 0.717) is 6.42 Å². The van der Waals surface area contributed by atoms with Gasteiger partial charge in [-0.1, -0.05) is 133 Å². The molecule has 0 spiro atoms. The molecular weight excluding hydrogens is 1010 g/mol. The fourth-order valence-corrected chi connectivity index (χ4v) is 10.5. The monoisotopic (exact) mass is 1060 g/mol. The summed E-state index contributed by atoms with van der Waals surface area (Å²) in [5.74, 6) is 2.06. The van der Waals surface area contributed by atoms with Crippen LogP contribution in [0.4, 0.5) is 22.7 Å². The van der Waals surface area contributed by atoms with Crippen LogP contribution in [0.15, 0.2) is 188 Å². The molecule has 11 aromatic rings. The van der Waals surface area contributed by atoms with Crippen molar-refractivity contribution in [3.63, 3.8) is 0 Å². The molecule has 0 radical (unpaired) electrons. The van der Waals surface area contributed by atoms with Crippen molar-refractivity contribution in [2.45, 2.75) is 39.2 Å². The van der Waals surface area contributed by atoms with Gasteiger partial charge < -0.3 is 18.9 Å². The summed E-state index contributed by atoms with van der Waals surface area (Å²) in [5, 5.41) is 2.34. The van der Waals surface area contributed by atoms with E-state index in [2.05, 4.69) is 227 Å². The van der Waals surface area contributed by atoms with Crippen LogP contribution in [0.3, 0.4) is 0 Å². The number of para-hydroxylation sites is 2. The van der Waals surface area contributed by atoms with Gasteiger partial charge in [-0.15, -0.1) is 17.7 Å². The molecule has 6 nitrogen and oxygen atoms in total. The molecule has 0 atom stereocenters. The van der Waals surface area contributed by atoms with E-state index in [-0.39, 0.29) is 21.1 Å². The molecule has 68 heavy (non-hydrogen) atoms. The number of hydrogen-bond donors (Lipinski definition) is 0. The van der Waals surface area contributed by atoms with E-state index in [1.54, 1.807) is 0 Å². The molecule has 5 heterocycles. The molecule has 0 bridgehead atoms. The van der Waals surface area contributed by atoms with E-state index in [1.165, 1.54) is 62.9 Å². The van der Waals surface area contributed by atoms with Crippen LogP contribution in [0.1, 0.15) is 35.4 Å². The van der Waals surface area contributed by atoms with Crippen LogP contribution in [0, 0.1) is 25.7 Å². The Morgan fingerprint density at radius 1 is 0.574 bits per heavy atom. The SMILES string of the molecule is Cc1cc(-n2c3[c-]c(Cc4[c-]c(N5[CH-]N(c6c(-c7ccccc7)cccc6-c6ccccc6)c6cc7c(cc65)nc5n7CCCC5)ccc4)ccc3c3ccccc32)ncc1-c1ccccc1.[Pt]. The average molecular weight is 1060 g/mol. The van der Waals surface area contributed by atoms with Crippen molar-refractivity contribution >= 4 is 55.6 Å². The van der Waals surface area contributed by atoms with Gasteiger partial charge in [-0.25, -0.2) is 9.97 Å². The number of hydrogen-bond acceptors (Lipinski definition) is 4. The van der Waals surface area contributed by atoms with Gasteiger partial charge in [0.05, 0.1) is 11.0 Å². The Hall–Kier alpha value is -7.53. The third-order valence-corrected chi connectivity index (χ3v) is 13.7. The van der Waals surface area contributed by atoms with Crippen LogP contribution >= 0.6 is 0 Å². The molecule has 13 rings (SSSR count). The molecule has 3 aromatic heterocycles. The van der Waals surface area contributed by atoms with E-state index >= 15 is 0 Å². The normalized spacial score (nSPS) is 13.2. The Bertz CT molecular complexity index is 3610. The molecule has 2 aliphatic rings. The number of rotatable bonds is 8. The number of pyridine rings is 1. The van der Waals surface area contributed by atoms with Crippen molar-refractivity contribution < 1.29 is 21.1 Å². The van der Waals surface area contributed by atoms with Crippen molar-refractivity contribution in [3.05, 3.63) is 230 Å². The minimum Gasteiger partial charge on any atom is -0.493 e. The molecule has 8 aromatic carbocycles. The summed E-state index contributed by atoms with van der Waals surface area (Å²) in [6.45, 7) is 5.42. The minimum atomic E-state index is 0. The fraction of sp³-hybridized carbons (Fsp3) is 0.0984. The van der Waals surface area contributed by atoms with Gasteiger partial charge in [-0.3, -0.25) is 0 Å². The molecule has 0 fully saturated rings. The molecule has 0 aliphatic carbocycles. The van der Waals surface area contributed by atoms with Crippen LogP contribution in [0.25, 0.3) is 72.0 Å². The summed E-state index contributed by atoms with van der Waals surface area (Å²) < 4.78 is 4.71.